The summed E-state index contributed by atoms with van der Waals surface area (Å²) in [5.41, 5.74) is 8.80. The number of hydrogen-bond acceptors (Lipinski definition) is 8. The monoisotopic (exact) mass is 465 g/mol. The van der Waals surface area contributed by atoms with Crippen LogP contribution in [0.15, 0.2) is 65.7 Å². The van der Waals surface area contributed by atoms with Gasteiger partial charge in [-0.15, -0.1) is 0 Å². The maximum atomic E-state index is 12.3. The van der Waals surface area contributed by atoms with Gasteiger partial charge in [-0.3, -0.25) is 0 Å². The van der Waals surface area contributed by atoms with Gasteiger partial charge in [0, 0.05) is 18.2 Å². The van der Waals surface area contributed by atoms with Crippen LogP contribution in [0.25, 0.3) is 17.0 Å². The number of benzene rings is 2. The largest absolute Gasteiger partial charge is 0.505 e. The number of rotatable bonds is 8. The van der Waals surface area contributed by atoms with Gasteiger partial charge in [0.05, 0.1) is 27.7 Å². The van der Waals surface area contributed by atoms with E-state index in [0.29, 0.717) is 16.8 Å². The second-order valence-electron chi connectivity index (χ2n) is 7.78. The molecule has 0 spiro atoms. The molecule has 5 N–H and O–H groups in total. The third-order valence-corrected chi connectivity index (χ3v) is 7.24. The van der Waals surface area contributed by atoms with Gasteiger partial charge in [-0.1, -0.05) is 36.4 Å². The van der Waals surface area contributed by atoms with E-state index in [2.05, 4.69) is 15.3 Å². The summed E-state index contributed by atoms with van der Waals surface area (Å²) in [6.07, 6.45) is 2.72. The SMILES string of the molecule is CNCc1ccc(C(=N)/C=C(\O)c2nc(-c3ccc(S(=O)(=O)C(C)C)cc3)cnc2N)cc1. The Morgan fingerprint density at radius 3 is 2.36 bits per heavy atom. The van der Waals surface area contributed by atoms with Crippen LogP contribution >= 0.6 is 0 Å². The van der Waals surface area contributed by atoms with E-state index in [1.807, 2.05) is 19.2 Å². The van der Waals surface area contributed by atoms with E-state index < -0.39 is 15.1 Å². The predicted molar refractivity (Wildman–Crippen MR) is 131 cm³/mol. The van der Waals surface area contributed by atoms with E-state index >= 15 is 0 Å². The lowest BCUT2D eigenvalue weighted by Crippen LogP contribution is -2.13. The van der Waals surface area contributed by atoms with Crippen molar-refractivity contribution in [2.24, 2.45) is 0 Å². The number of nitrogen functional groups attached to an aromatic ring is 1. The Morgan fingerprint density at radius 2 is 1.79 bits per heavy atom. The molecule has 0 radical (unpaired) electrons. The summed E-state index contributed by atoms with van der Waals surface area (Å²) in [5.74, 6) is -0.270. The number of aliphatic hydroxyl groups excluding tert-OH is 1. The summed E-state index contributed by atoms with van der Waals surface area (Å²) < 4.78 is 24.7. The second kappa shape index (κ2) is 9.93. The van der Waals surface area contributed by atoms with E-state index in [1.165, 1.54) is 24.4 Å². The van der Waals surface area contributed by atoms with Crippen molar-refractivity contribution in [1.29, 1.82) is 5.41 Å². The Bertz CT molecular complexity index is 1280. The minimum absolute atomic E-state index is 0.0173. The Hall–Kier alpha value is -3.56. The molecule has 3 rings (SSSR count). The number of nitrogens with two attached hydrogens (primary N) is 1. The Kier molecular flexibility index (Phi) is 7.25. The third kappa shape index (κ3) is 5.44. The predicted octanol–water partition coefficient (Wildman–Crippen LogP) is 3.59. The summed E-state index contributed by atoms with van der Waals surface area (Å²) in [5, 5.41) is 21.4. The fourth-order valence-corrected chi connectivity index (χ4v) is 4.17. The Morgan fingerprint density at radius 1 is 1.15 bits per heavy atom. The third-order valence-electron chi connectivity index (χ3n) is 5.07. The number of nitrogens with zero attached hydrogens (tertiary/aromatic N) is 2. The molecule has 0 atom stereocenters. The molecule has 0 fully saturated rings. The highest BCUT2D eigenvalue weighted by Crippen LogP contribution is 2.24. The standard InChI is InChI=1S/C24H27N5O3S/c1-15(2)33(31,32)19-10-8-18(9-11-19)21-14-28-24(26)23(29-21)22(30)12-20(25)17-6-4-16(5-7-17)13-27-3/h4-12,14-15,25,27,30H,13H2,1-3H3,(H2,26,28)/b22-12-,25-20?. The molecule has 172 valence electrons. The first-order chi connectivity index (χ1) is 15.6. The van der Waals surface area contributed by atoms with Crippen LogP contribution < -0.4 is 11.1 Å². The molecule has 1 aromatic heterocycles. The number of aliphatic hydroxyl groups is 1. The number of hydrogen-bond donors (Lipinski definition) is 4. The molecule has 0 aliphatic heterocycles. The first-order valence-corrected chi connectivity index (χ1v) is 11.9. The molecular weight excluding hydrogens is 438 g/mol. The van der Waals surface area contributed by atoms with Crippen molar-refractivity contribution >= 4 is 27.1 Å². The normalized spacial score (nSPS) is 12.2. The molecule has 0 bridgehead atoms. The lowest BCUT2D eigenvalue weighted by Gasteiger charge is -2.10. The van der Waals surface area contributed by atoms with Gasteiger partial charge in [0.25, 0.3) is 0 Å². The molecule has 33 heavy (non-hydrogen) atoms. The maximum absolute atomic E-state index is 12.3. The topological polar surface area (TPSA) is 142 Å². The number of anilines is 1. The van der Waals surface area contributed by atoms with Gasteiger partial charge in [-0.25, -0.2) is 18.4 Å². The lowest BCUT2D eigenvalue weighted by atomic mass is 10.1. The minimum Gasteiger partial charge on any atom is -0.505 e. The van der Waals surface area contributed by atoms with Crippen LogP contribution in [0.5, 0.6) is 0 Å². The van der Waals surface area contributed by atoms with Crippen molar-refractivity contribution in [3.63, 3.8) is 0 Å². The van der Waals surface area contributed by atoms with Crippen LogP contribution in [-0.2, 0) is 16.4 Å². The van der Waals surface area contributed by atoms with Crippen molar-refractivity contribution in [3.05, 3.63) is 77.6 Å². The molecule has 2 aromatic carbocycles. The minimum atomic E-state index is -3.38. The number of aromatic nitrogens is 2. The van der Waals surface area contributed by atoms with Crippen LogP contribution in [0.2, 0.25) is 0 Å². The van der Waals surface area contributed by atoms with Crippen molar-refractivity contribution in [3.8, 4) is 11.3 Å². The second-order valence-corrected chi connectivity index (χ2v) is 10.3. The van der Waals surface area contributed by atoms with Gasteiger partial charge in [0.2, 0.25) is 0 Å². The molecule has 3 aromatic rings. The summed E-state index contributed by atoms with van der Waals surface area (Å²) in [4.78, 5) is 8.73. The number of nitrogens with one attached hydrogen (secondary N) is 2. The van der Waals surface area contributed by atoms with Crippen molar-refractivity contribution in [2.45, 2.75) is 30.5 Å². The highest BCUT2D eigenvalue weighted by atomic mass is 32.2. The highest BCUT2D eigenvalue weighted by molar-refractivity contribution is 7.92. The van der Waals surface area contributed by atoms with Gasteiger partial charge >= 0.3 is 0 Å². The van der Waals surface area contributed by atoms with Crippen molar-refractivity contribution in [1.82, 2.24) is 15.3 Å². The van der Waals surface area contributed by atoms with E-state index in [4.69, 9.17) is 11.1 Å². The first-order valence-electron chi connectivity index (χ1n) is 10.3. The van der Waals surface area contributed by atoms with Crippen LogP contribution in [0, 0.1) is 5.41 Å². The number of allylic oxidation sites excluding steroid dienone is 1. The maximum Gasteiger partial charge on any atom is 0.180 e. The van der Waals surface area contributed by atoms with Gasteiger partial charge in [-0.05, 0) is 44.2 Å². The first kappa shape index (κ1) is 24.1. The molecule has 0 unspecified atom stereocenters. The quantitative estimate of drug-likeness (QED) is 0.294. The molecule has 0 aliphatic rings. The zero-order chi connectivity index (χ0) is 24.2. The smallest absolute Gasteiger partial charge is 0.180 e. The molecule has 0 saturated heterocycles. The van der Waals surface area contributed by atoms with Crippen LogP contribution in [-0.4, -0.2) is 41.5 Å². The molecule has 1 heterocycles. The summed E-state index contributed by atoms with van der Waals surface area (Å²) >= 11 is 0. The highest BCUT2D eigenvalue weighted by Gasteiger charge is 2.19. The Balaban J connectivity index is 1.88. The average molecular weight is 466 g/mol. The van der Waals surface area contributed by atoms with Crippen LogP contribution in [0.1, 0.15) is 30.7 Å². The number of sulfone groups is 1. The van der Waals surface area contributed by atoms with Crippen LogP contribution in [0.4, 0.5) is 5.82 Å². The molecule has 0 aliphatic carbocycles. The summed E-state index contributed by atoms with van der Waals surface area (Å²) in [7, 11) is -1.52. The Labute approximate surface area is 193 Å². The molecule has 9 heteroatoms. The van der Waals surface area contributed by atoms with Crippen LogP contribution in [0.3, 0.4) is 0 Å². The molecular formula is C24H27N5O3S. The molecule has 8 nitrogen and oxygen atoms in total. The van der Waals surface area contributed by atoms with Gasteiger partial charge in [-0.2, -0.15) is 0 Å². The zero-order valence-corrected chi connectivity index (χ0v) is 19.5. The summed E-state index contributed by atoms with van der Waals surface area (Å²) in [6, 6.07) is 13.7. The zero-order valence-electron chi connectivity index (χ0n) is 18.7. The molecule has 0 amide bonds. The van der Waals surface area contributed by atoms with E-state index in [0.717, 1.165) is 12.1 Å². The fraction of sp³-hybridized carbons (Fsp3) is 0.208. The van der Waals surface area contributed by atoms with E-state index in [1.54, 1.807) is 38.1 Å². The van der Waals surface area contributed by atoms with Gasteiger partial charge in [0.15, 0.2) is 15.7 Å². The molecule has 0 saturated carbocycles. The fourth-order valence-electron chi connectivity index (χ4n) is 3.11. The van der Waals surface area contributed by atoms with E-state index in [-0.39, 0.29) is 27.9 Å². The van der Waals surface area contributed by atoms with Crippen molar-refractivity contribution in [2.75, 3.05) is 12.8 Å². The van der Waals surface area contributed by atoms with Gasteiger partial charge in [0.1, 0.15) is 11.5 Å². The van der Waals surface area contributed by atoms with Gasteiger partial charge < -0.3 is 21.6 Å². The summed E-state index contributed by atoms with van der Waals surface area (Å²) in [6.45, 7) is 3.98. The lowest BCUT2D eigenvalue weighted by molar-refractivity contribution is 0.509. The van der Waals surface area contributed by atoms with Crippen molar-refractivity contribution < 1.29 is 13.5 Å². The van der Waals surface area contributed by atoms with E-state index in [9.17, 15) is 13.5 Å². The average Bonchev–Trinajstić information content (AvgIpc) is 2.80.